The van der Waals surface area contributed by atoms with Gasteiger partial charge < -0.3 is 4.79 Å². The van der Waals surface area contributed by atoms with Gasteiger partial charge in [-0.25, -0.2) is 9.40 Å². The number of hydrogen-bond acceptors (Lipinski definition) is 3. The predicted molar refractivity (Wildman–Crippen MR) is 56.6 cm³/mol. The second-order valence-electron chi connectivity index (χ2n) is 3.34. The highest BCUT2D eigenvalue weighted by atomic mass is 19.1. The maximum absolute atomic E-state index is 12.6. The van der Waals surface area contributed by atoms with Gasteiger partial charge >= 0.3 is 0 Å². The molecule has 0 aliphatic rings. The van der Waals surface area contributed by atoms with Crippen LogP contribution in [0.5, 0.6) is 0 Å². The predicted octanol–water partition coefficient (Wildman–Crippen LogP) is 1.35. The molecule has 1 rings (SSSR count). The molecule has 0 fully saturated rings. The maximum Gasteiger partial charge on any atom is 0.123 e. The van der Waals surface area contributed by atoms with E-state index in [9.17, 15) is 9.18 Å². The second-order valence-corrected chi connectivity index (χ2v) is 3.34. The largest absolute Gasteiger partial charge is 0.303 e. The summed E-state index contributed by atoms with van der Waals surface area (Å²) >= 11 is 0. The molecule has 0 radical (unpaired) electrons. The third-order valence-electron chi connectivity index (χ3n) is 2.05. The Bertz CT molecular complexity index is 300. The zero-order valence-corrected chi connectivity index (χ0v) is 8.74. The number of hydrogen-bond donors (Lipinski definition) is 1. The quantitative estimate of drug-likeness (QED) is 0.568. The molecular weight excluding hydrogens is 195 g/mol. The van der Waals surface area contributed by atoms with Crippen LogP contribution in [0, 0.1) is 5.82 Å². The Morgan fingerprint density at radius 1 is 1.40 bits per heavy atom. The van der Waals surface area contributed by atoms with E-state index < -0.39 is 0 Å². The number of nitrogens with zero attached hydrogens (tertiary/aromatic N) is 1. The first-order chi connectivity index (χ1) is 7.22. The summed E-state index contributed by atoms with van der Waals surface area (Å²) in [6, 6.07) is 6.33. The van der Waals surface area contributed by atoms with Gasteiger partial charge in [-0.3, -0.25) is 5.43 Å². The smallest absolute Gasteiger partial charge is 0.123 e. The van der Waals surface area contributed by atoms with E-state index in [-0.39, 0.29) is 5.82 Å². The third kappa shape index (κ3) is 4.67. The van der Waals surface area contributed by atoms with Crippen LogP contribution in [0.2, 0.25) is 0 Å². The normalized spacial score (nSPS) is 10.6. The van der Waals surface area contributed by atoms with Crippen molar-refractivity contribution in [3.63, 3.8) is 0 Å². The Hall–Kier alpha value is -1.26. The van der Waals surface area contributed by atoms with E-state index in [0.717, 1.165) is 11.8 Å². The van der Waals surface area contributed by atoms with Crippen molar-refractivity contribution in [1.29, 1.82) is 0 Å². The lowest BCUT2D eigenvalue weighted by atomic mass is 10.2. The van der Waals surface area contributed by atoms with Crippen LogP contribution in [0.15, 0.2) is 24.3 Å². The molecule has 3 nitrogen and oxygen atoms in total. The fraction of sp³-hybridized carbons (Fsp3) is 0.364. The van der Waals surface area contributed by atoms with Crippen LogP contribution in [-0.4, -0.2) is 24.9 Å². The summed E-state index contributed by atoms with van der Waals surface area (Å²) in [5.41, 5.74) is 4.11. The van der Waals surface area contributed by atoms with Gasteiger partial charge in [0.25, 0.3) is 0 Å². The van der Waals surface area contributed by atoms with Crippen molar-refractivity contribution in [2.75, 3.05) is 13.6 Å². The van der Waals surface area contributed by atoms with Crippen molar-refractivity contribution in [3.8, 4) is 0 Å². The average molecular weight is 210 g/mol. The summed E-state index contributed by atoms with van der Waals surface area (Å²) in [7, 11) is 1.87. The van der Waals surface area contributed by atoms with Gasteiger partial charge in [-0.05, 0) is 17.7 Å². The van der Waals surface area contributed by atoms with Crippen molar-refractivity contribution >= 4 is 6.29 Å². The van der Waals surface area contributed by atoms with E-state index in [1.54, 1.807) is 12.1 Å². The number of halogens is 1. The van der Waals surface area contributed by atoms with Gasteiger partial charge in [-0.15, -0.1) is 0 Å². The van der Waals surface area contributed by atoms with Crippen LogP contribution in [0.1, 0.15) is 12.0 Å². The molecule has 82 valence electrons. The summed E-state index contributed by atoms with van der Waals surface area (Å²) in [5.74, 6) is -0.229. The lowest BCUT2D eigenvalue weighted by Gasteiger charge is -2.16. The van der Waals surface area contributed by atoms with E-state index in [0.29, 0.717) is 19.5 Å². The van der Waals surface area contributed by atoms with Crippen LogP contribution in [0.25, 0.3) is 0 Å². The Morgan fingerprint density at radius 3 is 2.67 bits per heavy atom. The molecule has 15 heavy (non-hydrogen) atoms. The number of rotatable bonds is 6. The van der Waals surface area contributed by atoms with E-state index in [2.05, 4.69) is 5.43 Å². The van der Waals surface area contributed by atoms with Gasteiger partial charge in [0.05, 0.1) is 0 Å². The molecule has 1 aromatic carbocycles. The topological polar surface area (TPSA) is 32.3 Å². The fourth-order valence-corrected chi connectivity index (χ4v) is 1.15. The molecule has 0 unspecified atom stereocenters. The third-order valence-corrected chi connectivity index (χ3v) is 2.05. The number of benzene rings is 1. The minimum absolute atomic E-state index is 0.229. The Balaban J connectivity index is 2.30. The van der Waals surface area contributed by atoms with Crippen molar-refractivity contribution in [3.05, 3.63) is 35.6 Å². The maximum atomic E-state index is 12.6. The molecule has 0 saturated carbocycles. The molecule has 0 bridgehead atoms. The van der Waals surface area contributed by atoms with Gasteiger partial charge in [-0.2, -0.15) is 0 Å². The van der Waals surface area contributed by atoms with Crippen LogP contribution in [0.3, 0.4) is 0 Å². The molecule has 0 saturated heterocycles. The fourth-order valence-electron chi connectivity index (χ4n) is 1.15. The summed E-state index contributed by atoms with van der Waals surface area (Å²) in [4.78, 5) is 10.1. The monoisotopic (exact) mass is 210 g/mol. The Morgan fingerprint density at radius 2 is 2.07 bits per heavy atom. The highest BCUT2D eigenvalue weighted by molar-refractivity contribution is 5.49. The summed E-state index contributed by atoms with van der Waals surface area (Å²) in [5, 5.41) is 1.84. The zero-order chi connectivity index (χ0) is 11.1. The molecule has 1 N–H and O–H groups in total. The molecule has 1 aromatic rings. The van der Waals surface area contributed by atoms with Crippen LogP contribution in [-0.2, 0) is 11.3 Å². The first kappa shape index (κ1) is 11.8. The second kappa shape index (κ2) is 6.27. The number of hydrazine groups is 1. The van der Waals surface area contributed by atoms with Gasteiger partial charge in [0.2, 0.25) is 0 Å². The number of nitrogens with one attached hydrogen (secondary N) is 1. The summed E-state index contributed by atoms with van der Waals surface area (Å²) < 4.78 is 12.6. The van der Waals surface area contributed by atoms with E-state index in [1.807, 2.05) is 12.1 Å². The molecule has 0 aromatic heterocycles. The molecule has 0 heterocycles. The van der Waals surface area contributed by atoms with Gasteiger partial charge in [-0.1, -0.05) is 12.1 Å². The lowest BCUT2D eigenvalue weighted by Crippen LogP contribution is -2.34. The minimum Gasteiger partial charge on any atom is -0.303 e. The molecule has 0 aliphatic carbocycles. The molecule has 0 aliphatic heterocycles. The molecule has 4 heteroatoms. The molecular formula is C11H15FN2O. The van der Waals surface area contributed by atoms with E-state index in [1.165, 1.54) is 12.1 Å². The summed E-state index contributed by atoms with van der Waals surface area (Å²) in [6.45, 7) is 1.31. The first-order valence-corrected chi connectivity index (χ1v) is 4.85. The number of carbonyl (C=O) groups excluding carboxylic acids is 1. The molecule has 0 spiro atoms. The van der Waals surface area contributed by atoms with Crippen molar-refractivity contribution in [2.45, 2.75) is 13.0 Å². The van der Waals surface area contributed by atoms with Gasteiger partial charge in [0.15, 0.2) is 0 Å². The van der Waals surface area contributed by atoms with Gasteiger partial charge in [0, 0.05) is 26.6 Å². The standard InChI is InChI=1S/C11H15FN2O/c1-14(7-2-8-15)13-9-10-3-5-11(12)6-4-10/h3-6,8,13H,2,7,9H2,1H3. The highest BCUT2D eigenvalue weighted by Crippen LogP contribution is 2.02. The average Bonchev–Trinajstić information content (AvgIpc) is 2.25. The van der Waals surface area contributed by atoms with Gasteiger partial charge in [0.1, 0.15) is 12.1 Å². The molecule has 0 amide bonds. The van der Waals surface area contributed by atoms with E-state index >= 15 is 0 Å². The minimum atomic E-state index is -0.229. The summed E-state index contributed by atoms with van der Waals surface area (Å²) in [6.07, 6.45) is 1.39. The van der Waals surface area contributed by atoms with Crippen LogP contribution < -0.4 is 5.43 Å². The van der Waals surface area contributed by atoms with Crippen molar-refractivity contribution in [1.82, 2.24) is 10.4 Å². The Labute approximate surface area is 88.9 Å². The number of aldehydes is 1. The molecule has 0 atom stereocenters. The highest BCUT2D eigenvalue weighted by Gasteiger charge is 1.97. The zero-order valence-electron chi connectivity index (χ0n) is 8.74. The van der Waals surface area contributed by atoms with Crippen molar-refractivity contribution in [2.24, 2.45) is 0 Å². The van der Waals surface area contributed by atoms with Crippen LogP contribution in [0.4, 0.5) is 4.39 Å². The first-order valence-electron chi connectivity index (χ1n) is 4.85. The Kier molecular flexibility index (Phi) is 4.93. The van der Waals surface area contributed by atoms with Crippen LogP contribution >= 0.6 is 0 Å². The SMILES string of the molecule is CN(CCC=O)NCc1ccc(F)cc1. The number of carbonyl (C=O) groups is 1. The van der Waals surface area contributed by atoms with E-state index in [4.69, 9.17) is 0 Å². The van der Waals surface area contributed by atoms with Crippen molar-refractivity contribution < 1.29 is 9.18 Å². The lowest BCUT2D eigenvalue weighted by molar-refractivity contribution is -0.108.